The van der Waals surface area contributed by atoms with Crippen LogP contribution in [0.15, 0.2) is 36.7 Å². The molecular formula is C13H8F4N2O. The molecule has 0 aliphatic rings. The van der Waals surface area contributed by atoms with Gasteiger partial charge in [-0.3, -0.25) is 9.78 Å². The van der Waals surface area contributed by atoms with Crippen LogP contribution in [0.1, 0.15) is 15.9 Å². The van der Waals surface area contributed by atoms with E-state index in [-0.39, 0.29) is 11.1 Å². The number of halogens is 4. The van der Waals surface area contributed by atoms with Gasteiger partial charge in [0, 0.05) is 11.8 Å². The molecule has 0 atom stereocenters. The Morgan fingerprint density at radius 1 is 1.20 bits per heavy atom. The van der Waals surface area contributed by atoms with Gasteiger partial charge in [0.15, 0.2) is 0 Å². The Bertz CT molecular complexity index is 668. The number of alkyl halides is 3. The van der Waals surface area contributed by atoms with E-state index in [9.17, 15) is 22.4 Å². The quantitative estimate of drug-likeness (QED) is 0.862. The molecule has 0 spiro atoms. The van der Waals surface area contributed by atoms with Crippen molar-refractivity contribution in [1.29, 1.82) is 0 Å². The molecule has 0 aliphatic carbocycles. The largest absolute Gasteiger partial charge is 0.417 e. The van der Waals surface area contributed by atoms with Crippen LogP contribution in [-0.4, -0.2) is 10.9 Å². The van der Waals surface area contributed by atoms with Gasteiger partial charge in [0.2, 0.25) is 5.91 Å². The highest BCUT2D eigenvalue weighted by Gasteiger charge is 2.35. The highest BCUT2D eigenvalue weighted by atomic mass is 19.4. The van der Waals surface area contributed by atoms with Crippen LogP contribution in [0, 0.1) is 5.82 Å². The number of rotatable bonds is 2. The van der Waals surface area contributed by atoms with Gasteiger partial charge in [-0.25, -0.2) is 4.39 Å². The fraction of sp³-hybridized carbons (Fsp3) is 0.0769. The molecule has 1 amide bonds. The average molecular weight is 284 g/mol. The number of nitrogens with zero attached hydrogens (tertiary/aromatic N) is 1. The van der Waals surface area contributed by atoms with Gasteiger partial charge < -0.3 is 5.73 Å². The van der Waals surface area contributed by atoms with Gasteiger partial charge in [-0.1, -0.05) is 6.07 Å². The topological polar surface area (TPSA) is 56.0 Å². The molecule has 0 fully saturated rings. The van der Waals surface area contributed by atoms with Crippen molar-refractivity contribution in [3.05, 3.63) is 53.6 Å². The zero-order valence-corrected chi connectivity index (χ0v) is 9.91. The number of pyridine rings is 1. The Morgan fingerprint density at radius 3 is 2.45 bits per heavy atom. The maximum Gasteiger partial charge on any atom is 0.417 e. The highest BCUT2D eigenvalue weighted by molar-refractivity contribution is 5.95. The molecular weight excluding hydrogens is 276 g/mol. The molecule has 0 saturated carbocycles. The van der Waals surface area contributed by atoms with Crippen LogP contribution in [0.5, 0.6) is 0 Å². The van der Waals surface area contributed by atoms with Gasteiger partial charge in [0.1, 0.15) is 5.82 Å². The van der Waals surface area contributed by atoms with Crippen molar-refractivity contribution < 1.29 is 22.4 Å². The zero-order chi connectivity index (χ0) is 14.9. The lowest BCUT2D eigenvalue weighted by Crippen LogP contribution is -2.18. The number of nitrogens with two attached hydrogens (primary N) is 1. The predicted octanol–water partition coefficient (Wildman–Crippen LogP) is 3.01. The summed E-state index contributed by atoms with van der Waals surface area (Å²) < 4.78 is 52.2. The lowest BCUT2D eigenvalue weighted by atomic mass is 9.99. The first-order valence-corrected chi connectivity index (χ1v) is 5.41. The summed E-state index contributed by atoms with van der Waals surface area (Å²) in [5.41, 5.74) is 3.00. The number of carbonyl (C=O) groups is 1. The van der Waals surface area contributed by atoms with Gasteiger partial charge >= 0.3 is 6.18 Å². The first-order valence-electron chi connectivity index (χ1n) is 5.41. The molecule has 2 rings (SSSR count). The Morgan fingerprint density at radius 2 is 1.90 bits per heavy atom. The second-order valence-electron chi connectivity index (χ2n) is 3.98. The Labute approximate surface area is 111 Å². The number of hydrogen-bond acceptors (Lipinski definition) is 2. The molecule has 0 unspecified atom stereocenters. The molecule has 1 aromatic carbocycles. The fourth-order valence-corrected chi connectivity index (χ4v) is 1.77. The molecule has 0 aliphatic heterocycles. The molecule has 1 aromatic heterocycles. The Balaban J connectivity index is 2.65. The van der Waals surface area contributed by atoms with E-state index in [4.69, 9.17) is 5.73 Å². The maximum atomic E-state index is 13.5. The average Bonchev–Trinajstić information content (AvgIpc) is 2.37. The first-order chi connectivity index (χ1) is 9.30. The van der Waals surface area contributed by atoms with E-state index in [1.165, 1.54) is 18.3 Å². The summed E-state index contributed by atoms with van der Waals surface area (Å²) in [6.07, 6.45) is -2.61. The summed E-state index contributed by atoms with van der Waals surface area (Å²) in [4.78, 5) is 14.5. The maximum absolute atomic E-state index is 13.5. The van der Waals surface area contributed by atoms with Crippen LogP contribution >= 0.6 is 0 Å². The van der Waals surface area contributed by atoms with E-state index in [2.05, 4.69) is 4.98 Å². The molecule has 2 N–H and O–H groups in total. The lowest BCUT2D eigenvalue weighted by molar-refractivity contribution is -0.137. The number of carbonyl (C=O) groups excluding carboxylic acids is 1. The van der Waals surface area contributed by atoms with Crippen LogP contribution < -0.4 is 5.73 Å². The molecule has 0 saturated heterocycles. The van der Waals surface area contributed by atoms with Crippen molar-refractivity contribution in [3.8, 4) is 11.1 Å². The minimum Gasteiger partial charge on any atom is -0.366 e. The molecule has 7 heteroatoms. The van der Waals surface area contributed by atoms with Gasteiger partial charge in [-0.15, -0.1) is 0 Å². The van der Waals surface area contributed by atoms with Crippen molar-refractivity contribution >= 4 is 5.91 Å². The molecule has 0 radical (unpaired) electrons. The molecule has 1 heterocycles. The van der Waals surface area contributed by atoms with Gasteiger partial charge in [-0.05, 0) is 23.8 Å². The smallest absolute Gasteiger partial charge is 0.366 e. The number of benzene rings is 1. The summed E-state index contributed by atoms with van der Waals surface area (Å²) in [6.45, 7) is 0. The van der Waals surface area contributed by atoms with Crippen LogP contribution in [0.4, 0.5) is 17.6 Å². The second kappa shape index (κ2) is 4.92. The SMILES string of the molecule is NC(=O)c1ccc(-c2ccncc2F)cc1C(F)(F)F. The summed E-state index contributed by atoms with van der Waals surface area (Å²) >= 11 is 0. The minimum atomic E-state index is -4.76. The fourth-order valence-electron chi connectivity index (χ4n) is 1.77. The van der Waals surface area contributed by atoms with E-state index >= 15 is 0 Å². The number of aromatic nitrogens is 1. The second-order valence-corrected chi connectivity index (χ2v) is 3.98. The van der Waals surface area contributed by atoms with Crippen LogP contribution in [-0.2, 0) is 6.18 Å². The summed E-state index contributed by atoms with van der Waals surface area (Å²) in [6, 6.07) is 4.07. The van der Waals surface area contributed by atoms with E-state index < -0.39 is 29.0 Å². The monoisotopic (exact) mass is 284 g/mol. The zero-order valence-electron chi connectivity index (χ0n) is 9.91. The third-order valence-corrected chi connectivity index (χ3v) is 2.67. The van der Waals surface area contributed by atoms with Crippen LogP contribution in [0.2, 0.25) is 0 Å². The summed E-state index contributed by atoms with van der Waals surface area (Å²) in [7, 11) is 0. The third kappa shape index (κ3) is 2.61. The molecule has 104 valence electrons. The van der Waals surface area contributed by atoms with Crippen molar-refractivity contribution in [2.24, 2.45) is 5.73 Å². The number of primary amides is 1. The molecule has 2 aromatic rings. The van der Waals surface area contributed by atoms with E-state index in [0.717, 1.165) is 12.3 Å². The number of hydrogen-bond donors (Lipinski definition) is 1. The van der Waals surface area contributed by atoms with Crippen molar-refractivity contribution in [2.75, 3.05) is 0 Å². The van der Waals surface area contributed by atoms with Crippen molar-refractivity contribution in [1.82, 2.24) is 4.98 Å². The number of amides is 1. The van der Waals surface area contributed by atoms with E-state index in [1.54, 1.807) is 0 Å². The lowest BCUT2D eigenvalue weighted by Gasteiger charge is -2.13. The van der Waals surface area contributed by atoms with Gasteiger partial charge in [0.25, 0.3) is 0 Å². The summed E-state index contributed by atoms with van der Waals surface area (Å²) in [5.74, 6) is -1.95. The third-order valence-electron chi connectivity index (χ3n) is 2.67. The highest BCUT2D eigenvalue weighted by Crippen LogP contribution is 2.35. The normalized spacial score (nSPS) is 11.4. The van der Waals surface area contributed by atoms with Gasteiger partial charge in [-0.2, -0.15) is 13.2 Å². The van der Waals surface area contributed by atoms with Crippen molar-refractivity contribution in [2.45, 2.75) is 6.18 Å². The van der Waals surface area contributed by atoms with Crippen LogP contribution in [0.25, 0.3) is 11.1 Å². The predicted molar refractivity (Wildman–Crippen MR) is 63.2 cm³/mol. The molecule has 20 heavy (non-hydrogen) atoms. The van der Waals surface area contributed by atoms with E-state index in [1.807, 2.05) is 0 Å². The molecule has 3 nitrogen and oxygen atoms in total. The Hall–Kier alpha value is -2.44. The molecule has 0 bridgehead atoms. The van der Waals surface area contributed by atoms with E-state index in [0.29, 0.717) is 6.07 Å². The minimum absolute atomic E-state index is 0.0118. The van der Waals surface area contributed by atoms with Gasteiger partial charge in [0.05, 0.1) is 17.3 Å². The van der Waals surface area contributed by atoms with Crippen LogP contribution in [0.3, 0.4) is 0 Å². The van der Waals surface area contributed by atoms with Crippen molar-refractivity contribution in [3.63, 3.8) is 0 Å². The standard InChI is InChI=1S/C13H8F4N2O/c14-11-6-19-4-3-8(11)7-1-2-9(12(18)20)10(5-7)13(15,16)17/h1-6H,(H2,18,20). The summed E-state index contributed by atoms with van der Waals surface area (Å²) in [5, 5.41) is 0. The Kier molecular flexibility index (Phi) is 3.44. The first kappa shape index (κ1) is 14.0.